The monoisotopic (exact) mass is 249 g/mol. The van der Waals surface area contributed by atoms with Gasteiger partial charge in [-0.05, 0) is 29.5 Å². The molecule has 8 heteroatoms. The van der Waals surface area contributed by atoms with Crippen molar-refractivity contribution in [2.24, 2.45) is 0 Å². The highest BCUT2D eigenvalue weighted by molar-refractivity contribution is 5.73. The summed E-state index contributed by atoms with van der Waals surface area (Å²) in [6.07, 6.45) is 0.417. The number of rotatable bonds is 4. The maximum absolute atomic E-state index is 11.1. The number of tetrazole rings is 1. The maximum Gasteiger partial charge on any atom is 0.331 e. The van der Waals surface area contributed by atoms with Gasteiger partial charge in [0.05, 0.1) is 6.10 Å². The van der Waals surface area contributed by atoms with Gasteiger partial charge in [-0.1, -0.05) is 6.07 Å². The van der Waals surface area contributed by atoms with E-state index in [0.717, 1.165) is 4.68 Å². The Hall–Kier alpha value is -2.35. The summed E-state index contributed by atoms with van der Waals surface area (Å²) >= 11 is 0. The minimum Gasteiger partial charge on any atom is -0.480 e. The number of nitrogens with zero attached hydrogens (tertiary/aromatic N) is 5. The molecule has 0 aliphatic carbocycles. The van der Waals surface area contributed by atoms with Gasteiger partial charge in [-0.2, -0.15) is 0 Å². The quantitative estimate of drug-likeness (QED) is 0.767. The smallest absolute Gasteiger partial charge is 0.331 e. The Labute approximate surface area is 102 Å². The zero-order chi connectivity index (χ0) is 13.1. The summed E-state index contributed by atoms with van der Waals surface area (Å²) in [5, 5.41) is 29.4. The fourth-order valence-corrected chi connectivity index (χ4v) is 1.56. The average Bonchev–Trinajstić information content (AvgIpc) is 2.78. The Bertz CT molecular complexity index is 539. The van der Waals surface area contributed by atoms with Gasteiger partial charge < -0.3 is 10.2 Å². The topological polar surface area (TPSA) is 114 Å². The second-order valence-electron chi connectivity index (χ2n) is 3.69. The van der Waals surface area contributed by atoms with E-state index in [-0.39, 0.29) is 5.82 Å². The van der Waals surface area contributed by atoms with E-state index in [0.29, 0.717) is 5.69 Å². The Balaban J connectivity index is 2.47. The minimum absolute atomic E-state index is 0.198. The third-order valence-electron chi connectivity index (χ3n) is 2.36. The average molecular weight is 249 g/mol. The number of pyridine rings is 1. The molecule has 0 bridgehead atoms. The van der Waals surface area contributed by atoms with Crippen molar-refractivity contribution >= 4 is 5.97 Å². The molecule has 18 heavy (non-hydrogen) atoms. The molecule has 0 aliphatic heterocycles. The van der Waals surface area contributed by atoms with E-state index >= 15 is 0 Å². The molecule has 0 spiro atoms. The molecule has 2 atom stereocenters. The summed E-state index contributed by atoms with van der Waals surface area (Å²) in [7, 11) is 0. The van der Waals surface area contributed by atoms with Gasteiger partial charge >= 0.3 is 5.97 Å². The second kappa shape index (κ2) is 4.88. The van der Waals surface area contributed by atoms with Crippen LogP contribution in [0.5, 0.6) is 0 Å². The van der Waals surface area contributed by atoms with Crippen LogP contribution >= 0.6 is 0 Å². The van der Waals surface area contributed by atoms with Crippen LogP contribution in [0.1, 0.15) is 13.0 Å². The highest BCUT2D eigenvalue weighted by Gasteiger charge is 2.29. The van der Waals surface area contributed by atoms with E-state index in [1.54, 1.807) is 24.4 Å². The molecule has 0 saturated carbocycles. The van der Waals surface area contributed by atoms with Crippen LogP contribution in [0.2, 0.25) is 0 Å². The molecule has 0 aliphatic rings. The first kappa shape index (κ1) is 12.1. The highest BCUT2D eigenvalue weighted by Crippen LogP contribution is 2.19. The minimum atomic E-state index is -1.25. The van der Waals surface area contributed by atoms with Gasteiger partial charge in [0, 0.05) is 6.20 Å². The van der Waals surface area contributed by atoms with Gasteiger partial charge in [0.25, 0.3) is 0 Å². The van der Waals surface area contributed by atoms with Crippen LogP contribution in [0.4, 0.5) is 0 Å². The molecule has 2 rings (SSSR count). The van der Waals surface area contributed by atoms with Gasteiger partial charge in [-0.3, -0.25) is 4.98 Å². The normalized spacial score (nSPS) is 14.1. The summed E-state index contributed by atoms with van der Waals surface area (Å²) in [5.74, 6) is -1.02. The molecule has 0 radical (unpaired) electrons. The molecule has 94 valence electrons. The molecule has 0 fully saturated rings. The van der Waals surface area contributed by atoms with E-state index < -0.39 is 18.1 Å². The Morgan fingerprint density at radius 1 is 1.44 bits per heavy atom. The van der Waals surface area contributed by atoms with Crippen molar-refractivity contribution in [3.8, 4) is 11.5 Å². The first-order valence-electron chi connectivity index (χ1n) is 5.21. The van der Waals surface area contributed by atoms with Crippen LogP contribution in [0, 0.1) is 0 Å². The van der Waals surface area contributed by atoms with Gasteiger partial charge in [0.15, 0.2) is 6.04 Å². The van der Waals surface area contributed by atoms with Crippen molar-refractivity contribution in [1.29, 1.82) is 0 Å². The number of carboxylic acids is 1. The lowest BCUT2D eigenvalue weighted by molar-refractivity contribution is -0.144. The Morgan fingerprint density at radius 3 is 2.78 bits per heavy atom. The molecule has 0 saturated heterocycles. The van der Waals surface area contributed by atoms with Crippen LogP contribution < -0.4 is 0 Å². The third kappa shape index (κ3) is 2.18. The van der Waals surface area contributed by atoms with E-state index in [4.69, 9.17) is 5.11 Å². The number of aromatic nitrogens is 5. The van der Waals surface area contributed by atoms with E-state index in [2.05, 4.69) is 20.5 Å². The molecule has 0 amide bonds. The van der Waals surface area contributed by atoms with E-state index in [1.807, 2.05) is 0 Å². The number of hydrogen-bond acceptors (Lipinski definition) is 6. The first-order valence-corrected chi connectivity index (χ1v) is 5.21. The number of hydrogen-bond donors (Lipinski definition) is 2. The number of aliphatic hydroxyl groups is 1. The van der Waals surface area contributed by atoms with Crippen molar-refractivity contribution in [3.63, 3.8) is 0 Å². The SMILES string of the molecule is CC(O)C(C(=O)O)n1nnnc1-c1ccccn1. The van der Waals surface area contributed by atoms with Crippen molar-refractivity contribution in [3.05, 3.63) is 24.4 Å². The van der Waals surface area contributed by atoms with Gasteiger partial charge in [-0.25, -0.2) is 9.48 Å². The van der Waals surface area contributed by atoms with Crippen molar-refractivity contribution < 1.29 is 15.0 Å². The molecule has 2 aromatic rings. The first-order chi connectivity index (χ1) is 8.61. The highest BCUT2D eigenvalue weighted by atomic mass is 16.4. The number of carbonyl (C=O) groups is 1. The van der Waals surface area contributed by atoms with Crippen molar-refractivity contribution in [2.45, 2.75) is 19.1 Å². The van der Waals surface area contributed by atoms with Gasteiger partial charge in [0.1, 0.15) is 5.69 Å². The lowest BCUT2D eigenvalue weighted by atomic mass is 10.2. The third-order valence-corrected chi connectivity index (χ3v) is 2.36. The van der Waals surface area contributed by atoms with E-state index in [9.17, 15) is 9.90 Å². The van der Waals surface area contributed by atoms with Crippen LogP contribution in [0.25, 0.3) is 11.5 Å². The fourth-order valence-electron chi connectivity index (χ4n) is 1.56. The molecular weight excluding hydrogens is 238 g/mol. The van der Waals surface area contributed by atoms with E-state index in [1.165, 1.54) is 6.92 Å². The molecule has 2 unspecified atom stereocenters. The fraction of sp³-hybridized carbons (Fsp3) is 0.300. The predicted octanol–water partition coefficient (Wildman–Crippen LogP) is -0.258. The summed E-state index contributed by atoms with van der Waals surface area (Å²) in [4.78, 5) is 15.2. The maximum atomic E-state index is 11.1. The van der Waals surface area contributed by atoms with Crippen LogP contribution in [0.3, 0.4) is 0 Å². The molecule has 2 aromatic heterocycles. The molecular formula is C10H11N5O3. The van der Waals surface area contributed by atoms with Gasteiger partial charge in [-0.15, -0.1) is 5.10 Å². The molecule has 2 heterocycles. The Morgan fingerprint density at radius 2 is 2.22 bits per heavy atom. The largest absolute Gasteiger partial charge is 0.480 e. The zero-order valence-corrected chi connectivity index (χ0v) is 9.50. The molecule has 0 aromatic carbocycles. The lowest BCUT2D eigenvalue weighted by Crippen LogP contribution is -2.30. The van der Waals surface area contributed by atoms with Crippen molar-refractivity contribution in [1.82, 2.24) is 25.2 Å². The van der Waals surface area contributed by atoms with Crippen LogP contribution in [-0.2, 0) is 4.79 Å². The summed E-state index contributed by atoms with van der Waals surface area (Å²) in [6.45, 7) is 1.36. The number of aliphatic carboxylic acids is 1. The standard InChI is InChI=1S/C10H11N5O3/c1-6(16)8(10(17)18)15-9(12-13-14-15)7-4-2-3-5-11-7/h2-6,8,16H,1H3,(H,17,18). The predicted molar refractivity (Wildman–Crippen MR) is 59.4 cm³/mol. The molecule has 2 N–H and O–H groups in total. The lowest BCUT2D eigenvalue weighted by Gasteiger charge is -2.16. The zero-order valence-electron chi connectivity index (χ0n) is 9.50. The summed E-state index contributed by atoms with van der Waals surface area (Å²) in [6, 6.07) is 3.86. The molecule has 8 nitrogen and oxygen atoms in total. The number of aliphatic hydroxyl groups excluding tert-OH is 1. The second-order valence-corrected chi connectivity index (χ2v) is 3.69. The van der Waals surface area contributed by atoms with Crippen LogP contribution in [0.15, 0.2) is 24.4 Å². The van der Waals surface area contributed by atoms with Crippen LogP contribution in [-0.4, -0.2) is 47.5 Å². The number of carboxylic acid groups (broad SMARTS) is 1. The summed E-state index contributed by atoms with van der Waals surface area (Å²) < 4.78 is 1.05. The van der Waals surface area contributed by atoms with Crippen molar-refractivity contribution in [2.75, 3.05) is 0 Å². The summed E-state index contributed by atoms with van der Waals surface area (Å²) in [5.41, 5.74) is 0.439. The Kier molecular flexibility index (Phi) is 3.28. The van der Waals surface area contributed by atoms with Gasteiger partial charge in [0.2, 0.25) is 5.82 Å².